The summed E-state index contributed by atoms with van der Waals surface area (Å²) in [5.41, 5.74) is 3.58. The zero-order valence-corrected chi connectivity index (χ0v) is 13.2. The lowest BCUT2D eigenvalue weighted by molar-refractivity contribution is -0.665. The summed E-state index contributed by atoms with van der Waals surface area (Å²) in [4.78, 5) is 0. The molecule has 0 radical (unpaired) electrons. The number of nitrogens with one attached hydrogen (secondary N) is 1. The van der Waals surface area contributed by atoms with Crippen molar-refractivity contribution in [3.8, 4) is 0 Å². The van der Waals surface area contributed by atoms with Gasteiger partial charge in [-0.1, -0.05) is 41.7 Å². The van der Waals surface area contributed by atoms with Crippen molar-refractivity contribution in [2.75, 3.05) is 5.32 Å². The Labute approximate surface area is 129 Å². The molecule has 2 aromatic carbocycles. The summed E-state index contributed by atoms with van der Waals surface area (Å²) >= 11 is 1.83. The van der Waals surface area contributed by atoms with E-state index >= 15 is 0 Å². The molecule has 2 nitrogen and oxygen atoms in total. The van der Waals surface area contributed by atoms with Crippen molar-refractivity contribution < 1.29 is 4.57 Å². The molecule has 0 unspecified atom stereocenters. The molecule has 0 atom stereocenters. The maximum absolute atomic E-state index is 3.44. The van der Waals surface area contributed by atoms with Crippen LogP contribution in [0.3, 0.4) is 0 Å². The number of allylic oxidation sites excluding steroid dienone is 1. The second kappa shape index (κ2) is 6.10. The lowest BCUT2D eigenvalue weighted by Gasteiger charge is -2.04. The normalized spacial score (nSPS) is 11.8. The third-order valence-electron chi connectivity index (χ3n) is 3.41. The predicted molar refractivity (Wildman–Crippen MR) is 91.4 cm³/mol. The van der Waals surface area contributed by atoms with Gasteiger partial charge in [0, 0.05) is 23.5 Å². The van der Waals surface area contributed by atoms with Crippen LogP contribution in [0, 0.1) is 0 Å². The molecule has 1 aromatic heterocycles. The number of nitrogens with zero attached hydrogens (tertiary/aromatic N) is 1. The number of rotatable bonds is 4. The lowest BCUT2D eigenvalue weighted by Crippen LogP contribution is -2.33. The highest BCUT2D eigenvalue weighted by molar-refractivity contribution is 7.18. The highest BCUT2D eigenvalue weighted by atomic mass is 32.1. The van der Waals surface area contributed by atoms with Gasteiger partial charge in [-0.15, -0.1) is 0 Å². The fraction of sp³-hybridized carbons (Fsp3) is 0.167. The van der Waals surface area contributed by atoms with E-state index in [1.54, 1.807) is 0 Å². The largest absolute Gasteiger partial charge is 0.359 e. The van der Waals surface area contributed by atoms with E-state index in [0.717, 1.165) is 17.9 Å². The van der Waals surface area contributed by atoms with Crippen LogP contribution in [-0.2, 0) is 6.54 Å². The summed E-state index contributed by atoms with van der Waals surface area (Å²) in [6.07, 6.45) is 2.22. The molecule has 0 spiro atoms. The number of aromatic nitrogens is 1. The van der Waals surface area contributed by atoms with Gasteiger partial charge in [0.2, 0.25) is 5.52 Å². The molecule has 0 aliphatic heterocycles. The van der Waals surface area contributed by atoms with Crippen LogP contribution in [-0.4, -0.2) is 0 Å². The lowest BCUT2D eigenvalue weighted by atomic mass is 10.3. The molecule has 0 amide bonds. The fourth-order valence-electron chi connectivity index (χ4n) is 2.46. The average molecular weight is 295 g/mol. The van der Waals surface area contributed by atoms with Crippen molar-refractivity contribution in [1.29, 1.82) is 0 Å². The number of benzene rings is 2. The summed E-state index contributed by atoms with van der Waals surface area (Å²) in [6, 6.07) is 18.8. The van der Waals surface area contributed by atoms with Gasteiger partial charge in [0.25, 0.3) is 5.01 Å². The third kappa shape index (κ3) is 2.98. The van der Waals surface area contributed by atoms with Crippen LogP contribution in [0.15, 0.2) is 60.3 Å². The minimum Gasteiger partial charge on any atom is -0.359 e. The molecule has 0 saturated carbocycles. The van der Waals surface area contributed by atoms with E-state index in [-0.39, 0.29) is 0 Å². The summed E-state index contributed by atoms with van der Waals surface area (Å²) < 4.78 is 3.69. The first kappa shape index (κ1) is 13.8. The van der Waals surface area contributed by atoms with Gasteiger partial charge in [0.1, 0.15) is 11.2 Å². The van der Waals surface area contributed by atoms with Crippen molar-refractivity contribution in [2.45, 2.75) is 20.4 Å². The molecule has 3 heteroatoms. The molecule has 3 rings (SSSR count). The van der Waals surface area contributed by atoms with Gasteiger partial charge in [-0.3, -0.25) is 0 Å². The van der Waals surface area contributed by atoms with Crippen molar-refractivity contribution in [2.24, 2.45) is 0 Å². The molecule has 3 aromatic rings. The second-order valence-electron chi connectivity index (χ2n) is 4.97. The molecule has 0 bridgehead atoms. The van der Waals surface area contributed by atoms with Crippen molar-refractivity contribution in [3.63, 3.8) is 0 Å². The van der Waals surface area contributed by atoms with Gasteiger partial charge in [0.05, 0.1) is 0 Å². The number of hydrogen-bond donors (Lipinski definition) is 1. The molecular weight excluding hydrogens is 276 g/mol. The molecule has 0 saturated heterocycles. The molecule has 1 N–H and O–H groups in total. The van der Waals surface area contributed by atoms with Crippen LogP contribution in [0.5, 0.6) is 0 Å². The summed E-state index contributed by atoms with van der Waals surface area (Å²) in [6.45, 7) is 5.28. The highest BCUT2D eigenvalue weighted by Crippen LogP contribution is 2.22. The zero-order chi connectivity index (χ0) is 14.7. The van der Waals surface area contributed by atoms with Gasteiger partial charge >= 0.3 is 0 Å². The highest BCUT2D eigenvalue weighted by Gasteiger charge is 2.16. The van der Waals surface area contributed by atoms with Gasteiger partial charge in [-0.05, 0) is 32.0 Å². The summed E-state index contributed by atoms with van der Waals surface area (Å²) in [5.74, 6) is 0. The van der Waals surface area contributed by atoms with Crippen LogP contribution >= 0.6 is 11.3 Å². The average Bonchev–Trinajstić information content (AvgIpc) is 2.85. The van der Waals surface area contributed by atoms with Crippen LogP contribution in [0.2, 0.25) is 0 Å². The van der Waals surface area contributed by atoms with Crippen molar-refractivity contribution >= 4 is 33.3 Å². The first-order chi connectivity index (χ1) is 10.3. The minimum absolute atomic E-state index is 0.981. The molecule has 1 heterocycles. The van der Waals surface area contributed by atoms with Crippen LogP contribution in [0.4, 0.5) is 5.69 Å². The molecule has 0 fully saturated rings. The number of fused-ring (bicyclic) bond motifs is 1. The Morgan fingerprint density at radius 2 is 1.81 bits per heavy atom. The second-order valence-corrected chi connectivity index (χ2v) is 6.03. The van der Waals surface area contributed by atoms with Gasteiger partial charge in [0.15, 0.2) is 0 Å². The quantitative estimate of drug-likeness (QED) is 0.691. The molecule has 21 heavy (non-hydrogen) atoms. The van der Waals surface area contributed by atoms with E-state index in [1.165, 1.54) is 15.2 Å². The first-order valence-electron chi connectivity index (χ1n) is 7.19. The van der Waals surface area contributed by atoms with E-state index in [1.807, 2.05) is 29.5 Å². The number of aryl methyl sites for hydroxylation is 1. The van der Waals surface area contributed by atoms with E-state index in [2.05, 4.69) is 66.2 Å². The van der Waals surface area contributed by atoms with Gasteiger partial charge in [-0.25, -0.2) is 0 Å². The Balaban J connectivity index is 1.95. The Morgan fingerprint density at radius 1 is 1.10 bits per heavy atom. The summed E-state index contributed by atoms with van der Waals surface area (Å²) in [7, 11) is 0. The topological polar surface area (TPSA) is 15.9 Å². The maximum Gasteiger partial charge on any atom is 0.264 e. The van der Waals surface area contributed by atoms with Crippen LogP contribution < -0.4 is 9.88 Å². The third-order valence-corrected chi connectivity index (χ3v) is 4.52. The molecular formula is C18H19N2S+. The molecule has 106 valence electrons. The van der Waals surface area contributed by atoms with E-state index < -0.39 is 0 Å². The van der Waals surface area contributed by atoms with Crippen molar-refractivity contribution in [3.05, 3.63) is 65.3 Å². The molecule has 0 aliphatic carbocycles. The van der Waals surface area contributed by atoms with Gasteiger partial charge in [-0.2, -0.15) is 4.57 Å². The number of anilines is 1. The standard InChI is InChI=1S/C18H18N2S/c1-3-20-16-11-7-8-12-17(16)21-18(20)13-14(2)19-15-9-5-4-6-10-15/h4-13H,3H2,1-2H3/p+1. The number of hydrogen-bond acceptors (Lipinski definition) is 2. The Kier molecular flexibility index (Phi) is 4.02. The smallest absolute Gasteiger partial charge is 0.264 e. The monoisotopic (exact) mass is 295 g/mol. The number of thiazole rings is 1. The summed E-state index contributed by atoms with van der Waals surface area (Å²) in [5, 5.41) is 4.72. The Morgan fingerprint density at radius 3 is 2.57 bits per heavy atom. The van der Waals surface area contributed by atoms with E-state index in [9.17, 15) is 0 Å². The van der Waals surface area contributed by atoms with E-state index in [4.69, 9.17) is 0 Å². The zero-order valence-electron chi connectivity index (χ0n) is 12.3. The van der Waals surface area contributed by atoms with Gasteiger partial charge < -0.3 is 5.32 Å². The Bertz CT molecular complexity index is 772. The van der Waals surface area contributed by atoms with Crippen LogP contribution in [0.25, 0.3) is 16.3 Å². The number of para-hydroxylation sites is 2. The Hall–Kier alpha value is -2.13. The predicted octanol–water partition coefficient (Wildman–Crippen LogP) is 4.68. The van der Waals surface area contributed by atoms with Crippen molar-refractivity contribution in [1.82, 2.24) is 0 Å². The SMILES string of the molecule is CC[n+]1c(/C=C(\C)Nc2ccccc2)sc2ccccc21. The maximum atomic E-state index is 3.44. The van der Waals surface area contributed by atoms with Crippen LogP contribution in [0.1, 0.15) is 18.9 Å². The minimum atomic E-state index is 0.981. The fourth-order valence-corrected chi connectivity index (χ4v) is 3.69. The first-order valence-corrected chi connectivity index (χ1v) is 8.01. The molecule has 0 aliphatic rings. The van der Waals surface area contributed by atoms with E-state index in [0.29, 0.717) is 0 Å².